The van der Waals surface area contributed by atoms with Gasteiger partial charge in [0.2, 0.25) is 0 Å². The molecule has 9 heteroatoms. The maximum absolute atomic E-state index is 13.7. The second-order valence-electron chi connectivity index (χ2n) is 9.80. The lowest BCUT2D eigenvalue weighted by Crippen LogP contribution is -2.38. The molecular weight excluding hydrogens is 512 g/mol. The van der Waals surface area contributed by atoms with Crippen LogP contribution < -0.4 is 10.1 Å². The van der Waals surface area contributed by atoms with Gasteiger partial charge in [-0.05, 0) is 38.5 Å². The Balaban J connectivity index is 1.37. The first-order valence-electron chi connectivity index (χ1n) is 13.1. The number of carbonyl (C=O) groups is 2. The molecule has 5 rings (SSSR count). The van der Waals surface area contributed by atoms with Crippen molar-refractivity contribution in [3.05, 3.63) is 70.7 Å². The van der Waals surface area contributed by atoms with Crippen LogP contribution in [0.3, 0.4) is 0 Å². The maximum Gasteiger partial charge on any atom is 0.340 e. The van der Waals surface area contributed by atoms with E-state index in [2.05, 4.69) is 29.0 Å². The van der Waals surface area contributed by atoms with Crippen LogP contribution in [0.2, 0.25) is 0 Å². The summed E-state index contributed by atoms with van der Waals surface area (Å²) in [6, 6.07) is 15.5. The second-order valence-corrected chi connectivity index (χ2v) is 10.7. The molecule has 202 valence electrons. The lowest BCUT2D eigenvalue weighted by Gasteiger charge is -2.32. The van der Waals surface area contributed by atoms with Gasteiger partial charge in [-0.1, -0.05) is 37.3 Å². The number of thiazole rings is 1. The Kier molecular flexibility index (Phi) is 7.90. The van der Waals surface area contributed by atoms with Crippen molar-refractivity contribution in [3.63, 3.8) is 0 Å². The molecule has 0 saturated carbocycles. The monoisotopic (exact) mass is 544 g/mol. The van der Waals surface area contributed by atoms with E-state index >= 15 is 0 Å². The summed E-state index contributed by atoms with van der Waals surface area (Å²) in [5.41, 5.74) is 4.67. The number of esters is 1. The highest BCUT2D eigenvalue weighted by atomic mass is 32.1. The van der Waals surface area contributed by atoms with E-state index in [1.165, 1.54) is 11.3 Å². The van der Waals surface area contributed by atoms with Gasteiger partial charge in [-0.25, -0.2) is 9.78 Å². The first kappa shape index (κ1) is 26.8. The third-order valence-corrected chi connectivity index (χ3v) is 7.78. The van der Waals surface area contributed by atoms with Crippen molar-refractivity contribution in [2.45, 2.75) is 52.3 Å². The Morgan fingerprint density at radius 1 is 1.13 bits per heavy atom. The minimum absolute atomic E-state index is 0.328. The van der Waals surface area contributed by atoms with Gasteiger partial charge in [0, 0.05) is 53.1 Å². The molecule has 0 bridgehead atoms. The fourth-order valence-electron chi connectivity index (χ4n) is 4.83. The summed E-state index contributed by atoms with van der Waals surface area (Å²) in [6.07, 6.45) is 0.124. The minimum Gasteiger partial charge on any atom is -0.497 e. The molecule has 1 atom stereocenters. The zero-order valence-electron chi connectivity index (χ0n) is 22.6. The number of hydrogen-bond acceptors (Lipinski definition) is 8. The number of carbonyl (C=O) groups excluding carboxylic acids is 2. The highest BCUT2D eigenvalue weighted by Gasteiger charge is 2.30. The van der Waals surface area contributed by atoms with E-state index < -0.39 is 18.0 Å². The normalized spacial score (nSPS) is 14.2. The number of anilines is 1. The Hall–Kier alpha value is -3.82. The van der Waals surface area contributed by atoms with E-state index in [-0.39, 0.29) is 0 Å². The molecule has 1 unspecified atom stereocenters. The molecule has 8 nitrogen and oxygen atoms in total. The summed E-state index contributed by atoms with van der Waals surface area (Å²) in [5, 5.41) is 5.88. The number of pyridine rings is 1. The van der Waals surface area contributed by atoms with E-state index in [1.54, 1.807) is 7.11 Å². The van der Waals surface area contributed by atoms with Gasteiger partial charge in [-0.3, -0.25) is 20.0 Å². The van der Waals surface area contributed by atoms with Crippen LogP contribution in [0.15, 0.2) is 53.9 Å². The van der Waals surface area contributed by atoms with Crippen LogP contribution in [-0.2, 0) is 22.5 Å². The Bertz CT molecular complexity index is 1520. The molecule has 0 radical (unpaired) electrons. The summed E-state index contributed by atoms with van der Waals surface area (Å²) >= 11 is 1.31. The second kappa shape index (κ2) is 11.5. The summed E-state index contributed by atoms with van der Waals surface area (Å²) in [6.45, 7) is 7.61. The zero-order chi connectivity index (χ0) is 27.5. The molecule has 2 aromatic carbocycles. The van der Waals surface area contributed by atoms with Crippen molar-refractivity contribution < 1.29 is 19.1 Å². The minimum atomic E-state index is -0.964. The van der Waals surface area contributed by atoms with Crippen LogP contribution >= 0.6 is 11.3 Å². The molecule has 2 aromatic heterocycles. The summed E-state index contributed by atoms with van der Waals surface area (Å²) < 4.78 is 11.2. The number of fused-ring (bicyclic) bond motifs is 2. The number of methoxy groups -OCH3 is 1. The van der Waals surface area contributed by atoms with Crippen molar-refractivity contribution in [1.29, 1.82) is 0 Å². The number of nitrogens with one attached hydrogen (secondary N) is 1. The van der Waals surface area contributed by atoms with Crippen LogP contribution in [0, 0.1) is 0 Å². The van der Waals surface area contributed by atoms with Gasteiger partial charge >= 0.3 is 5.97 Å². The van der Waals surface area contributed by atoms with E-state index in [9.17, 15) is 9.59 Å². The highest BCUT2D eigenvalue weighted by molar-refractivity contribution is 7.14. The van der Waals surface area contributed by atoms with Gasteiger partial charge < -0.3 is 9.47 Å². The molecule has 3 heterocycles. The van der Waals surface area contributed by atoms with Crippen LogP contribution in [0.1, 0.15) is 48.8 Å². The number of nitrogens with zero attached hydrogens (tertiary/aromatic N) is 3. The predicted molar refractivity (Wildman–Crippen MR) is 153 cm³/mol. The van der Waals surface area contributed by atoms with Crippen LogP contribution in [-0.4, -0.2) is 52.5 Å². The van der Waals surface area contributed by atoms with Gasteiger partial charge in [0.25, 0.3) is 5.91 Å². The molecule has 0 spiro atoms. The Labute approximate surface area is 232 Å². The Morgan fingerprint density at radius 3 is 2.72 bits per heavy atom. The molecule has 1 N–H and O–H groups in total. The van der Waals surface area contributed by atoms with E-state index in [0.717, 1.165) is 52.1 Å². The van der Waals surface area contributed by atoms with Crippen molar-refractivity contribution in [1.82, 2.24) is 14.9 Å². The number of aromatic nitrogens is 2. The summed E-state index contributed by atoms with van der Waals surface area (Å²) in [7, 11) is 1.61. The topological polar surface area (TPSA) is 93.7 Å². The van der Waals surface area contributed by atoms with Crippen molar-refractivity contribution in [3.8, 4) is 17.0 Å². The average molecular weight is 545 g/mol. The molecular formula is C30H32N4O4S. The molecule has 1 amide bonds. The molecule has 1 aliphatic rings. The van der Waals surface area contributed by atoms with Crippen molar-refractivity contribution >= 4 is 39.2 Å². The van der Waals surface area contributed by atoms with Gasteiger partial charge in [0.1, 0.15) is 5.75 Å². The molecule has 0 aliphatic carbocycles. The number of hydrogen-bond donors (Lipinski definition) is 1. The number of benzene rings is 2. The van der Waals surface area contributed by atoms with Gasteiger partial charge in [0.05, 0.1) is 23.9 Å². The number of rotatable bonds is 8. The summed E-state index contributed by atoms with van der Waals surface area (Å²) in [4.78, 5) is 38.6. The average Bonchev–Trinajstić information content (AvgIpc) is 3.42. The number of ether oxygens (including phenoxy) is 2. The molecule has 0 fully saturated rings. The standard InChI is InChI=1S/C30H32N4O4S/c1-5-26(28(35)33-30-32-25(17-39-30)19-9-8-10-20(15-19)37-4)38-29(36)27-21-11-6-7-12-23(21)31-24-13-14-34(18(2)3)16-22(24)27/h6-12,15,17-18,26H,5,13-14,16H2,1-4H3,(H,32,33,35). The van der Waals surface area contributed by atoms with Gasteiger partial charge in [-0.15, -0.1) is 11.3 Å². The lowest BCUT2D eigenvalue weighted by molar-refractivity contribution is -0.124. The molecule has 1 aliphatic heterocycles. The van der Waals surface area contributed by atoms with E-state index in [4.69, 9.17) is 14.5 Å². The highest BCUT2D eigenvalue weighted by Crippen LogP contribution is 2.31. The van der Waals surface area contributed by atoms with Crippen molar-refractivity contribution in [2.24, 2.45) is 0 Å². The van der Waals surface area contributed by atoms with E-state index in [0.29, 0.717) is 29.7 Å². The SMILES string of the molecule is CCC(OC(=O)c1c2c(nc3ccccc13)CCN(C(C)C)C2)C(=O)Nc1nc(-c2cccc(OC)c2)cs1. The fraction of sp³-hybridized carbons (Fsp3) is 0.333. The largest absolute Gasteiger partial charge is 0.497 e. The molecule has 39 heavy (non-hydrogen) atoms. The first-order chi connectivity index (χ1) is 18.9. The van der Waals surface area contributed by atoms with Gasteiger partial charge in [-0.2, -0.15) is 0 Å². The quantitative estimate of drug-likeness (QED) is 0.284. The van der Waals surface area contributed by atoms with E-state index in [1.807, 2.05) is 60.8 Å². The molecule has 4 aromatic rings. The smallest absolute Gasteiger partial charge is 0.340 e. The number of para-hydroxylation sites is 1. The first-order valence-corrected chi connectivity index (χ1v) is 14.0. The molecule has 0 saturated heterocycles. The van der Waals surface area contributed by atoms with Crippen LogP contribution in [0.5, 0.6) is 5.75 Å². The van der Waals surface area contributed by atoms with Gasteiger partial charge in [0.15, 0.2) is 11.2 Å². The lowest BCUT2D eigenvalue weighted by atomic mass is 9.95. The zero-order valence-corrected chi connectivity index (χ0v) is 23.4. The van der Waals surface area contributed by atoms with Crippen LogP contribution in [0.4, 0.5) is 5.13 Å². The third-order valence-electron chi connectivity index (χ3n) is 7.02. The summed E-state index contributed by atoms with van der Waals surface area (Å²) in [5.74, 6) is -0.187. The van der Waals surface area contributed by atoms with Crippen LogP contribution in [0.25, 0.3) is 22.2 Å². The van der Waals surface area contributed by atoms with Crippen molar-refractivity contribution in [2.75, 3.05) is 19.0 Å². The number of amides is 1. The Morgan fingerprint density at radius 2 is 1.95 bits per heavy atom. The fourth-order valence-corrected chi connectivity index (χ4v) is 5.55. The third kappa shape index (κ3) is 5.65. The maximum atomic E-state index is 13.7. The predicted octanol–water partition coefficient (Wildman–Crippen LogP) is 5.71.